The van der Waals surface area contributed by atoms with Crippen molar-refractivity contribution in [2.75, 3.05) is 19.7 Å². The Morgan fingerprint density at radius 1 is 1.10 bits per heavy atom. The van der Waals surface area contributed by atoms with Gasteiger partial charge in [0, 0.05) is 23.7 Å². The Bertz CT molecular complexity index is 1570. The molecular formula is C30H29N7O3. The van der Waals surface area contributed by atoms with Crippen LogP contribution in [0.5, 0.6) is 5.75 Å². The molecule has 40 heavy (non-hydrogen) atoms. The normalized spacial score (nSPS) is 14.4. The first-order valence-electron chi connectivity index (χ1n) is 13.2. The molecule has 1 atom stereocenters. The van der Waals surface area contributed by atoms with Crippen molar-refractivity contribution in [3.63, 3.8) is 0 Å². The van der Waals surface area contributed by atoms with Crippen molar-refractivity contribution >= 4 is 5.91 Å². The Balaban J connectivity index is 1.17. The molecule has 2 aromatic heterocycles. The number of amides is 1. The van der Waals surface area contributed by atoms with Crippen LogP contribution in [0.3, 0.4) is 0 Å². The molecule has 1 saturated heterocycles. The number of nitrogens with zero attached hydrogens (tertiary/aromatic N) is 5. The zero-order valence-electron chi connectivity index (χ0n) is 21.9. The molecule has 1 aliphatic rings. The van der Waals surface area contributed by atoms with E-state index in [1.54, 1.807) is 36.7 Å². The summed E-state index contributed by atoms with van der Waals surface area (Å²) in [7, 11) is 0. The second kappa shape index (κ2) is 12.8. The predicted octanol–water partition coefficient (Wildman–Crippen LogP) is 2.73. The van der Waals surface area contributed by atoms with Gasteiger partial charge in [-0.25, -0.2) is 14.6 Å². The lowest BCUT2D eigenvalue weighted by atomic mass is 10.1. The number of carbonyl (C=O) groups is 1. The fourth-order valence-corrected chi connectivity index (χ4v) is 4.53. The maximum atomic E-state index is 12.4. The average molecular weight is 536 g/mol. The summed E-state index contributed by atoms with van der Waals surface area (Å²) in [6.07, 6.45) is 5.71. The van der Waals surface area contributed by atoms with E-state index in [0.29, 0.717) is 48.9 Å². The van der Waals surface area contributed by atoms with Gasteiger partial charge in [-0.1, -0.05) is 30.3 Å². The molecule has 1 unspecified atom stereocenters. The van der Waals surface area contributed by atoms with E-state index in [2.05, 4.69) is 31.8 Å². The first-order chi connectivity index (χ1) is 19.6. The quantitative estimate of drug-likeness (QED) is 0.296. The van der Waals surface area contributed by atoms with Gasteiger partial charge in [0.2, 0.25) is 5.91 Å². The number of hydrogen-bond donors (Lipinski definition) is 2. The lowest BCUT2D eigenvalue weighted by Crippen LogP contribution is -2.41. The van der Waals surface area contributed by atoms with Crippen LogP contribution in [0, 0.1) is 11.3 Å². The van der Waals surface area contributed by atoms with Crippen LogP contribution in [0.15, 0.2) is 77.9 Å². The summed E-state index contributed by atoms with van der Waals surface area (Å²) in [5.41, 5.74) is 3.63. The third kappa shape index (κ3) is 6.76. The summed E-state index contributed by atoms with van der Waals surface area (Å²) in [6, 6.07) is 20.2. The topological polar surface area (TPSA) is 135 Å². The number of ether oxygens (including phenoxy) is 1. The van der Waals surface area contributed by atoms with Crippen LogP contribution in [0.2, 0.25) is 0 Å². The predicted molar refractivity (Wildman–Crippen MR) is 149 cm³/mol. The third-order valence-corrected chi connectivity index (χ3v) is 6.63. The number of hydrogen-bond acceptors (Lipinski definition) is 8. The highest BCUT2D eigenvalue weighted by Crippen LogP contribution is 2.19. The molecule has 3 heterocycles. The molecule has 0 spiro atoms. The maximum Gasteiger partial charge on any atom is 0.266 e. The SMILES string of the molecule is N#Cc1cccc(-c2ccc(=O)n(CCc3cccc(-c4ncc(OCCNC(=O)C5CCCN5)cn4)c3)n2)c1. The maximum absolute atomic E-state index is 12.4. The molecule has 2 N–H and O–H groups in total. The fraction of sp³-hybridized carbons (Fsp3) is 0.267. The molecule has 0 bridgehead atoms. The standard InChI is InChI=1S/C30H29N7O3/c31-18-22-5-2-6-23(17-22)26-9-10-28(38)37(36-26)14-11-21-4-1-7-24(16-21)29-34-19-25(20-35-29)40-15-13-33-30(39)27-8-3-12-32-27/h1-2,4-7,9-10,16-17,19-20,27,32H,3,8,11-15H2,(H,33,39). The van der Waals surface area contributed by atoms with Crippen LogP contribution in [0.1, 0.15) is 24.0 Å². The molecule has 4 aromatic rings. The van der Waals surface area contributed by atoms with Crippen LogP contribution in [-0.4, -0.2) is 51.4 Å². The van der Waals surface area contributed by atoms with Crippen LogP contribution >= 0.6 is 0 Å². The van der Waals surface area contributed by atoms with Crippen LogP contribution in [0.4, 0.5) is 0 Å². The lowest BCUT2D eigenvalue weighted by Gasteiger charge is -2.11. The number of nitriles is 1. The molecule has 2 aromatic carbocycles. The third-order valence-electron chi connectivity index (χ3n) is 6.63. The summed E-state index contributed by atoms with van der Waals surface area (Å²) in [6.45, 7) is 2.02. The first-order valence-corrected chi connectivity index (χ1v) is 13.2. The molecule has 0 saturated carbocycles. The van der Waals surface area contributed by atoms with Gasteiger partial charge in [-0.3, -0.25) is 9.59 Å². The molecule has 202 valence electrons. The molecule has 5 rings (SSSR count). The zero-order valence-corrected chi connectivity index (χ0v) is 21.9. The highest BCUT2D eigenvalue weighted by atomic mass is 16.5. The van der Waals surface area contributed by atoms with E-state index >= 15 is 0 Å². The minimum absolute atomic E-state index is 0.00586. The fourth-order valence-electron chi connectivity index (χ4n) is 4.53. The average Bonchev–Trinajstić information content (AvgIpc) is 3.55. The van der Waals surface area contributed by atoms with Crippen molar-refractivity contribution in [2.24, 2.45) is 0 Å². The molecule has 0 radical (unpaired) electrons. The summed E-state index contributed by atoms with van der Waals surface area (Å²) >= 11 is 0. The smallest absolute Gasteiger partial charge is 0.266 e. The Hall–Kier alpha value is -4.88. The number of nitrogens with one attached hydrogen (secondary N) is 2. The van der Waals surface area contributed by atoms with E-state index < -0.39 is 0 Å². The second-order valence-corrected chi connectivity index (χ2v) is 9.45. The molecule has 10 heteroatoms. The largest absolute Gasteiger partial charge is 0.489 e. The zero-order chi connectivity index (χ0) is 27.7. The minimum atomic E-state index is -0.190. The van der Waals surface area contributed by atoms with Crippen molar-refractivity contribution in [2.45, 2.75) is 31.8 Å². The van der Waals surface area contributed by atoms with E-state index in [-0.39, 0.29) is 17.5 Å². The second-order valence-electron chi connectivity index (χ2n) is 9.45. The molecule has 1 fully saturated rings. The van der Waals surface area contributed by atoms with E-state index in [0.717, 1.165) is 36.1 Å². The Kier molecular flexibility index (Phi) is 8.53. The molecule has 1 aliphatic heterocycles. The van der Waals surface area contributed by atoms with Gasteiger partial charge in [-0.2, -0.15) is 10.4 Å². The summed E-state index contributed by atoms with van der Waals surface area (Å²) in [4.78, 5) is 33.4. The van der Waals surface area contributed by atoms with Gasteiger partial charge in [0.1, 0.15) is 6.61 Å². The summed E-state index contributed by atoms with van der Waals surface area (Å²) in [5.74, 6) is 1.09. The van der Waals surface area contributed by atoms with Crippen LogP contribution < -0.4 is 20.9 Å². The number of aryl methyl sites for hydroxylation is 2. The van der Waals surface area contributed by atoms with Gasteiger partial charge < -0.3 is 15.4 Å². The Morgan fingerprint density at radius 2 is 1.93 bits per heavy atom. The van der Waals surface area contributed by atoms with E-state index in [4.69, 9.17) is 4.74 Å². The molecular weight excluding hydrogens is 506 g/mol. The minimum Gasteiger partial charge on any atom is -0.489 e. The molecule has 10 nitrogen and oxygen atoms in total. The van der Waals surface area contributed by atoms with E-state index in [1.807, 2.05) is 30.3 Å². The molecule has 0 aliphatic carbocycles. The van der Waals surface area contributed by atoms with Gasteiger partial charge in [0.15, 0.2) is 11.6 Å². The number of benzene rings is 2. The summed E-state index contributed by atoms with van der Waals surface area (Å²) < 4.78 is 7.11. The number of carbonyl (C=O) groups excluding carboxylic acids is 1. The Labute approximate surface area is 231 Å². The van der Waals surface area contributed by atoms with Crippen LogP contribution in [-0.2, 0) is 17.8 Å². The monoisotopic (exact) mass is 535 g/mol. The Morgan fingerprint density at radius 3 is 2.73 bits per heavy atom. The van der Waals surface area contributed by atoms with Crippen molar-refractivity contribution in [1.82, 2.24) is 30.4 Å². The van der Waals surface area contributed by atoms with Crippen molar-refractivity contribution < 1.29 is 9.53 Å². The van der Waals surface area contributed by atoms with Gasteiger partial charge >= 0.3 is 0 Å². The summed E-state index contributed by atoms with van der Waals surface area (Å²) in [5, 5.41) is 19.7. The van der Waals surface area contributed by atoms with Gasteiger partial charge in [0.25, 0.3) is 5.56 Å². The number of aromatic nitrogens is 4. The number of rotatable bonds is 10. The van der Waals surface area contributed by atoms with Crippen molar-refractivity contribution in [1.29, 1.82) is 5.26 Å². The van der Waals surface area contributed by atoms with Gasteiger partial charge in [-0.15, -0.1) is 0 Å². The first kappa shape index (κ1) is 26.7. The lowest BCUT2D eigenvalue weighted by molar-refractivity contribution is -0.122. The van der Waals surface area contributed by atoms with E-state index in [9.17, 15) is 14.9 Å². The molecule has 1 amide bonds. The van der Waals surface area contributed by atoms with Gasteiger partial charge in [-0.05, 0) is 55.6 Å². The highest BCUT2D eigenvalue weighted by molar-refractivity contribution is 5.81. The van der Waals surface area contributed by atoms with Crippen molar-refractivity contribution in [3.8, 4) is 34.5 Å². The van der Waals surface area contributed by atoms with Crippen LogP contribution in [0.25, 0.3) is 22.6 Å². The van der Waals surface area contributed by atoms with Gasteiger partial charge in [0.05, 0.1) is 42.3 Å². The van der Waals surface area contributed by atoms with E-state index in [1.165, 1.54) is 10.7 Å². The van der Waals surface area contributed by atoms with Crippen molar-refractivity contribution in [3.05, 3.63) is 94.5 Å². The highest BCUT2D eigenvalue weighted by Gasteiger charge is 2.21.